The second-order valence-electron chi connectivity index (χ2n) is 4.20. The highest BCUT2D eigenvalue weighted by molar-refractivity contribution is 9.10. The predicted molar refractivity (Wildman–Crippen MR) is 76.9 cm³/mol. The number of aromatic nitrogens is 2. The molecule has 4 N–H and O–H groups in total. The van der Waals surface area contributed by atoms with Crippen LogP contribution in [0, 0.1) is 6.92 Å². The van der Waals surface area contributed by atoms with Crippen molar-refractivity contribution in [2.75, 3.05) is 5.43 Å². The van der Waals surface area contributed by atoms with Gasteiger partial charge in [-0.05, 0) is 35.8 Å². The average molecular weight is 340 g/mol. The minimum Gasteiger partial charge on any atom is -0.444 e. The minimum absolute atomic E-state index is 0.293. The fourth-order valence-corrected chi connectivity index (χ4v) is 1.97. The lowest BCUT2D eigenvalue weighted by Crippen LogP contribution is -2.28. The van der Waals surface area contributed by atoms with Crippen LogP contribution >= 0.6 is 15.9 Å². The van der Waals surface area contributed by atoms with Crippen LogP contribution in [-0.4, -0.2) is 15.9 Å². The Bertz CT molecular complexity index is 628. The van der Waals surface area contributed by atoms with E-state index in [0.29, 0.717) is 27.5 Å². The van der Waals surface area contributed by atoms with Crippen molar-refractivity contribution in [3.63, 3.8) is 0 Å². The molecule has 0 aliphatic rings. The van der Waals surface area contributed by atoms with Gasteiger partial charge in [-0.25, -0.2) is 15.8 Å². The highest BCUT2D eigenvalue weighted by Crippen LogP contribution is 2.19. The minimum atomic E-state index is -0.360. The van der Waals surface area contributed by atoms with E-state index >= 15 is 0 Å². The summed E-state index contributed by atoms with van der Waals surface area (Å²) in [6.07, 6.45) is 3.15. The number of anilines is 1. The van der Waals surface area contributed by atoms with Gasteiger partial charge in [0.15, 0.2) is 5.82 Å². The van der Waals surface area contributed by atoms with Gasteiger partial charge in [0, 0.05) is 10.7 Å². The maximum atomic E-state index is 12.2. The lowest BCUT2D eigenvalue weighted by Gasteiger charge is -2.12. The quantitative estimate of drug-likeness (QED) is 0.580. The SMILES string of the molecule is Cc1cnc(C(C)NC(=O)c2cc(Br)cnc2NN)o1. The molecule has 106 valence electrons. The second-order valence-corrected chi connectivity index (χ2v) is 5.11. The fourth-order valence-electron chi connectivity index (χ4n) is 1.64. The standard InChI is InChI=1S/C12H14BrN5O2/c1-6-4-16-12(20-6)7(2)17-11(19)9-3-8(13)5-15-10(9)18-14/h3-5,7H,14H2,1-2H3,(H,15,18)(H,17,19). The number of hydrogen-bond donors (Lipinski definition) is 3. The number of nitrogen functional groups attached to an aromatic ring is 1. The van der Waals surface area contributed by atoms with E-state index < -0.39 is 0 Å². The molecule has 0 bridgehead atoms. The summed E-state index contributed by atoms with van der Waals surface area (Å²) >= 11 is 3.27. The van der Waals surface area contributed by atoms with Crippen molar-refractivity contribution >= 4 is 27.7 Å². The molecule has 1 unspecified atom stereocenters. The lowest BCUT2D eigenvalue weighted by atomic mass is 10.2. The Morgan fingerprint density at radius 3 is 2.80 bits per heavy atom. The Kier molecular flexibility index (Phi) is 4.35. The van der Waals surface area contributed by atoms with E-state index in [1.165, 1.54) is 0 Å². The van der Waals surface area contributed by atoms with E-state index in [1.54, 1.807) is 32.3 Å². The third kappa shape index (κ3) is 3.14. The molecule has 8 heteroatoms. The number of carbonyl (C=O) groups is 1. The van der Waals surface area contributed by atoms with Crippen LogP contribution in [0.3, 0.4) is 0 Å². The number of hydrogen-bond acceptors (Lipinski definition) is 6. The van der Waals surface area contributed by atoms with E-state index in [0.717, 1.165) is 0 Å². The molecule has 1 amide bonds. The summed E-state index contributed by atoms with van der Waals surface area (Å²) < 4.78 is 6.05. The monoisotopic (exact) mass is 339 g/mol. The molecule has 2 heterocycles. The number of nitrogens with zero attached hydrogens (tertiary/aromatic N) is 2. The molecule has 0 aliphatic heterocycles. The number of nitrogens with one attached hydrogen (secondary N) is 2. The number of aryl methyl sites for hydroxylation is 1. The molecule has 7 nitrogen and oxygen atoms in total. The Hall–Kier alpha value is -1.93. The summed E-state index contributed by atoms with van der Waals surface area (Å²) in [7, 11) is 0. The van der Waals surface area contributed by atoms with Crippen molar-refractivity contribution in [3.05, 3.63) is 40.1 Å². The van der Waals surface area contributed by atoms with Crippen LogP contribution < -0.4 is 16.6 Å². The summed E-state index contributed by atoms with van der Waals surface area (Å²) in [4.78, 5) is 20.3. The number of nitrogens with two attached hydrogens (primary N) is 1. The molecular weight excluding hydrogens is 326 g/mol. The molecule has 1 atom stereocenters. The van der Waals surface area contributed by atoms with E-state index in [2.05, 4.69) is 36.6 Å². The third-order valence-electron chi connectivity index (χ3n) is 2.59. The molecule has 20 heavy (non-hydrogen) atoms. The first-order chi connectivity index (χ1) is 9.51. The Morgan fingerprint density at radius 2 is 2.20 bits per heavy atom. The van der Waals surface area contributed by atoms with Crippen LogP contribution in [0.15, 0.2) is 27.3 Å². The number of oxazole rings is 1. The topological polar surface area (TPSA) is 106 Å². The van der Waals surface area contributed by atoms with E-state index in [9.17, 15) is 4.79 Å². The normalized spacial score (nSPS) is 12.0. The number of carbonyl (C=O) groups excluding carboxylic acids is 1. The average Bonchev–Trinajstić information content (AvgIpc) is 2.85. The Labute approximate surface area is 124 Å². The molecular formula is C12H14BrN5O2. The maximum Gasteiger partial charge on any atom is 0.255 e. The van der Waals surface area contributed by atoms with E-state index in [1.807, 2.05) is 0 Å². The van der Waals surface area contributed by atoms with Gasteiger partial charge in [-0.3, -0.25) is 4.79 Å². The van der Waals surface area contributed by atoms with Crippen molar-refractivity contribution in [2.45, 2.75) is 19.9 Å². The molecule has 0 aliphatic carbocycles. The van der Waals surface area contributed by atoms with Gasteiger partial charge in [0.05, 0.1) is 11.8 Å². The summed E-state index contributed by atoms with van der Waals surface area (Å²) in [5.41, 5.74) is 2.72. The maximum absolute atomic E-state index is 12.2. The number of amides is 1. The van der Waals surface area contributed by atoms with Crippen molar-refractivity contribution in [1.82, 2.24) is 15.3 Å². The molecule has 0 aromatic carbocycles. The zero-order valence-corrected chi connectivity index (χ0v) is 12.6. The summed E-state index contributed by atoms with van der Waals surface area (Å²) in [5, 5.41) is 2.78. The van der Waals surface area contributed by atoms with Crippen molar-refractivity contribution in [1.29, 1.82) is 0 Å². The first kappa shape index (κ1) is 14.5. The number of halogens is 1. The van der Waals surface area contributed by atoms with Crippen molar-refractivity contribution in [2.24, 2.45) is 5.84 Å². The van der Waals surface area contributed by atoms with Gasteiger partial charge in [0.1, 0.15) is 11.8 Å². The highest BCUT2D eigenvalue weighted by Gasteiger charge is 2.18. The first-order valence-electron chi connectivity index (χ1n) is 5.86. The van der Waals surface area contributed by atoms with Crippen LogP contribution in [0.25, 0.3) is 0 Å². The summed E-state index contributed by atoms with van der Waals surface area (Å²) in [5.74, 6) is 6.45. The predicted octanol–water partition coefficient (Wildman–Crippen LogP) is 1.92. The van der Waals surface area contributed by atoms with Crippen molar-refractivity contribution < 1.29 is 9.21 Å². The van der Waals surface area contributed by atoms with Crippen LogP contribution in [0.5, 0.6) is 0 Å². The molecule has 0 radical (unpaired) electrons. The highest BCUT2D eigenvalue weighted by atomic mass is 79.9. The third-order valence-corrected chi connectivity index (χ3v) is 3.03. The fraction of sp³-hybridized carbons (Fsp3) is 0.250. The van der Waals surface area contributed by atoms with Crippen LogP contribution in [0.4, 0.5) is 5.82 Å². The molecule has 0 saturated carbocycles. The van der Waals surface area contributed by atoms with Gasteiger partial charge in [-0.2, -0.15) is 0 Å². The molecule has 2 rings (SSSR count). The number of pyridine rings is 1. The second kappa shape index (κ2) is 6.02. The molecule has 0 saturated heterocycles. The first-order valence-corrected chi connectivity index (χ1v) is 6.66. The van der Waals surface area contributed by atoms with Gasteiger partial charge in [0.25, 0.3) is 5.91 Å². The van der Waals surface area contributed by atoms with Crippen LogP contribution in [0.1, 0.15) is 35.0 Å². The van der Waals surface area contributed by atoms with Gasteiger partial charge in [0.2, 0.25) is 5.89 Å². The smallest absolute Gasteiger partial charge is 0.255 e. The molecule has 2 aromatic rings. The zero-order chi connectivity index (χ0) is 14.7. The number of rotatable bonds is 4. The number of hydrazine groups is 1. The van der Waals surface area contributed by atoms with E-state index in [-0.39, 0.29) is 11.9 Å². The van der Waals surface area contributed by atoms with E-state index in [4.69, 9.17) is 10.3 Å². The van der Waals surface area contributed by atoms with Crippen molar-refractivity contribution in [3.8, 4) is 0 Å². The molecule has 0 fully saturated rings. The summed E-state index contributed by atoms with van der Waals surface area (Å²) in [6.45, 7) is 3.57. The Morgan fingerprint density at radius 1 is 1.45 bits per heavy atom. The molecule has 0 spiro atoms. The van der Waals surface area contributed by atoms with Gasteiger partial charge in [-0.1, -0.05) is 0 Å². The van der Waals surface area contributed by atoms with Gasteiger partial charge < -0.3 is 15.2 Å². The van der Waals surface area contributed by atoms with Gasteiger partial charge >= 0.3 is 0 Å². The van der Waals surface area contributed by atoms with Gasteiger partial charge in [-0.15, -0.1) is 0 Å². The largest absolute Gasteiger partial charge is 0.444 e. The molecule has 2 aromatic heterocycles. The summed E-state index contributed by atoms with van der Waals surface area (Å²) in [6, 6.07) is 1.27. The van der Waals surface area contributed by atoms with Crippen LogP contribution in [-0.2, 0) is 0 Å². The van der Waals surface area contributed by atoms with Crippen LogP contribution in [0.2, 0.25) is 0 Å². The lowest BCUT2D eigenvalue weighted by molar-refractivity contribution is 0.0934. The zero-order valence-electron chi connectivity index (χ0n) is 11.0. The Balaban J connectivity index is 2.18.